The topological polar surface area (TPSA) is 323 Å². The van der Waals surface area contributed by atoms with Gasteiger partial charge in [0.25, 0.3) is 0 Å². The van der Waals surface area contributed by atoms with Crippen LogP contribution in [0.5, 0.6) is 0 Å². The molecule has 21 nitrogen and oxygen atoms in total. The number of anilines is 1. The van der Waals surface area contributed by atoms with Crippen molar-refractivity contribution in [3.63, 3.8) is 0 Å². The van der Waals surface area contributed by atoms with Crippen molar-refractivity contribution in [2.45, 2.75) is 173 Å². The molecule has 2 unspecified atom stereocenters. The number of ketones is 1. The first-order chi connectivity index (χ1) is 31.7. The zero-order valence-corrected chi connectivity index (χ0v) is 40.6. The number of nitrogens with two attached hydrogens (primary N) is 1. The number of nitrogens with zero attached hydrogens (tertiary/aromatic N) is 2. The number of aromatic nitrogens is 2. The number of carbonyl (C=O) groups is 3. The van der Waals surface area contributed by atoms with E-state index in [9.17, 15) is 58.5 Å². The van der Waals surface area contributed by atoms with Gasteiger partial charge >= 0.3 is 33.3 Å². The van der Waals surface area contributed by atoms with E-state index in [2.05, 4.69) is 23.1 Å². The van der Waals surface area contributed by atoms with Gasteiger partial charge in [-0.15, -0.1) is 0 Å². The number of hydrogen-bond donors (Lipinski definition) is 7. The average Bonchev–Trinajstić information content (AvgIpc) is 3.24. The minimum atomic E-state index is -5.72. The Morgan fingerprint density at radius 2 is 1.61 bits per heavy atom. The Hall–Kier alpha value is -3.17. The van der Waals surface area contributed by atoms with Crippen molar-refractivity contribution in [2.24, 2.45) is 17.8 Å². The molecule has 1 aromatic heterocycles. The van der Waals surface area contributed by atoms with Gasteiger partial charge in [0, 0.05) is 31.4 Å². The fourth-order valence-corrected chi connectivity index (χ4v) is 9.65. The normalized spacial score (nSPS) is 31.2. The van der Waals surface area contributed by atoms with Gasteiger partial charge in [-0.05, 0) is 44.1 Å². The van der Waals surface area contributed by atoms with Crippen LogP contribution in [0, 0.1) is 17.8 Å². The van der Waals surface area contributed by atoms with E-state index >= 15 is 0 Å². The highest BCUT2D eigenvalue weighted by atomic mass is 31.3. The second kappa shape index (κ2) is 29.8. The third kappa shape index (κ3) is 22.0. The molecular formula is C44H73N3O18P2. The van der Waals surface area contributed by atoms with Crippen LogP contribution in [-0.4, -0.2) is 114 Å². The van der Waals surface area contributed by atoms with Crippen LogP contribution in [0.1, 0.15) is 136 Å². The van der Waals surface area contributed by atoms with Crippen molar-refractivity contribution in [3.05, 3.63) is 47.1 Å². The van der Waals surface area contributed by atoms with E-state index in [1.807, 2.05) is 6.92 Å². The molecule has 0 aromatic carbocycles. The lowest BCUT2D eigenvalue weighted by Crippen LogP contribution is -2.51. The molecule has 11 atom stereocenters. The van der Waals surface area contributed by atoms with Crippen LogP contribution in [0.2, 0.25) is 0 Å². The van der Waals surface area contributed by atoms with E-state index in [0.29, 0.717) is 25.2 Å². The Labute approximate surface area is 392 Å². The van der Waals surface area contributed by atoms with Crippen molar-refractivity contribution in [1.82, 2.24) is 9.55 Å². The quantitative estimate of drug-likeness (QED) is 0.0461. The number of rotatable bonds is 17. The smallest absolute Gasteiger partial charge is 0.462 e. The zero-order chi connectivity index (χ0) is 49.6. The Bertz CT molecular complexity index is 1900. The molecular weight excluding hydrogens is 920 g/mol. The number of carbonyl (C=O) groups excluding carboxylic acids is 3. The van der Waals surface area contributed by atoms with Crippen LogP contribution in [-0.2, 0) is 51.1 Å². The fourth-order valence-electron chi connectivity index (χ4n) is 7.54. The Morgan fingerprint density at radius 1 is 0.940 bits per heavy atom. The van der Waals surface area contributed by atoms with E-state index in [1.54, 1.807) is 12.2 Å². The molecule has 0 amide bonds. The van der Waals surface area contributed by atoms with E-state index in [1.165, 1.54) is 18.2 Å². The standard InChI is InChI=1S/C44H73N3O18P2/c1-4-5-12-18-31(48)22-23-33-35(49)26-36(50)34-19-14-10-11-15-20-39(51)60-27-32(63-40(52)21-16-9-7-6-8-13-17-30(2)3)28-61-66(56,57)65-67(58,59)62-29-37(42(54)41(33)53)64-43(34)47-25-24-38(45)46-44(47)55/h10,14,22-25,30-34,36-37,41-43,48,50,53-54H,4-9,11-13,15-21,26-29H2,1-3H3,(H,56,57)(H,58,59)(H2,45,46,55)/b14-10-,23-22?/t31-,32+,33-,34-,36-,37+,41-,42+,43+/m0/s1. The number of cyclic esters (lactones) is 1. The van der Waals surface area contributed by atoms with Gasteiger partial charge in [0.15, 0.2) is 6.10 Å². The molecule has 2 aliphatic heterocycles. The number of fused-ring (bicyclic) bond motifs is 3. The number of hydrogen-bond acceptors (Lipinski definition) is 18. The minimum absolute atomic E-state index is 0.00601. The largest absolute Gasteiger partial charge is 0.481 e. The molecule has 23 heteroatoms. The van der Waals surface area contributed by atoms with Gasteiger partial charge in [0.05, 0.1) is 37.4 Å². The third-order valence-electron chi connectivity index (χ3n) is 11.3. The highest BCUT2D eigenvalue weighted by Crippen LogP contribution is 2.60. The second-order valence-corrected chi connectivity index (χ2v) is 20.6. The molecule has 8 N–H and O–H groups in total. The van der Waals surface area contributed by atoms with E-state index in [4.69, 9.17) is 29.0 Å². The first-order valence-corrected chi connectivity index (χ1v) is 26.3. The monoisotopic (exact) mass is 993 g/mol. The number of allylic oxidation sites excluding steroid dienone is 2. The highest BCUT2D eigenvalue weighted by Gasteiger charge is 2.45. The number of unbranched alkanes of at least 4 members (excludes halogenated alkanes) is 7. The molecule has 67 heavy (non-hydrogen) atoms. The molecule has 1 aromatic rings. The maximum absolute atomic E-state index is 13.9. The number of phosphoric acid groups is 2. The number of Topliss-reactive ketones (excluding diaryl/α,β-unsaturated/α-hetero) is 1. The Balaban J connectivity index is 1.95. The van der Waals surface area contributed by atoms with Crippen molar-refractivity contribution < 1.29 is 81.3 Å². The number of aliphatic hydroxyl groups excluding tert-OH is 4. The average molecular weight is 994 g/mol. The van der Waals surface area contributed by atoms with Crippen LogP contribution in [0.15, 0.2) is 41.4 Å². The second-order valence-electron chi connectivity index (χ2n) is 17.5. The van der Waals surface area contributed by atoms with Crippen LogP contribution in [0.25, 0.3) is 0 Å². The summed E-state index contributed by atoms with van der Waals surface area (Å²) in [5, 5.41) is 45.6. The summed E-state index contributed by atoms with van der Waals surface area (Å²) in [4.78, 5) is 77.8. The Morgan fingerprint density at radius 3 is 2.30 bits per heavy atom. The molecule has 0 saturated carbocycles. The van der Waals surface area contributed by atoms with Gasteiger partial charge in [-0.2, -0.15) is 9.29 Å². The summed E-state index contributed by atoms with van der Waals surface area (Å²) >= 11 is 0. The van der Waals surface area contributed by atoms with Gasteiger partial charge in [-0.1, -0.05) is 103 Å². The molecule has 382 valence electrons. The maximum atomic E-state index is 13.9. The summed E-state index contributed by atoms with van der Waals surface area (Å²) in [7, 11) is -11.3. The number of phosphoric ester groups is 2. The van der Waals surface area contributed by atoms with Gasteiger partial charge in [0.2, 0.25) is 0 Å². The maximum Gasteiger partial charge on any atom is 0.481 e. The lowest BCUT2D eigenvalue weighted by atomic mass is 9.83. The number of esters is 2. The molecule has 1 saturated heterocycles. The SMILES string of the molecule is CCCCC[C@H](O)C=C[C@H]1C(=O)C[C@H](O)[C@@H]2C/C=C\CCCC(=O)OC[C@@H](OC(=O)CCCCCCCCC(C)C)COP(=O)(O)OP(=O)(O)OC[C@@H](O[C@H]2n2ccc(N)nc2=O)[C@@H](O)[C@H]1O. The molecule has 1 fully saturated rings. The van der Waals surface area contributed by atoms with Crippen molar-refractivity contribution in [2.75, 3.05) is 25.6 Å². The van der Waals surface area contributed by atoms with Gasteiger partial charge in [-0.25, -0.2) is 13.9 Å². The molecule has 0 radical (unpaired) electrons. The molecule has 2 bridgehead atoms. The first kappa shape index (κ1) is 58.1. The van der Waals surface area contributed by atoms with Crippen LogP contribution < -0.4 is 11.4 Å². The summed E-state index contributed by atoms with van der Waals surface area (Å²) < 4.78 is 58.7. The minimum Gasteiger partial charge on any atom is -0.462 e. The summed E-state index contributed by atoms with van der Waals surface area (Å²) in [6.45, 7) is 3.56. The predicted molar refractivity (Wildman–Crippen MR) is 244 cm³/mol. The zero-order valence-electron chi connectivity index (χ0n) is 38.8. The lowest BCUT2D eigenvalue weighted by molar-refractivity contribution is -0.186. The number of ether oxygens (including phenoxy) is 3. The fraction of sp³-hybridized carbons (Fsp3) is 0.750. The summed E-state index contributed by atoms with van der Waals surface area (Å²) in [6.07, 6.45) is 3.67. The van der Waals surface area contributed by atoms with E-state index < -0.39 is 120 Å². The molecule has 3 rings (SSSR count). The van der Waals surface area contributed by atoms with Crippen LogP contribution in [0.4, 0.5) is 5.82 Å². The van der Waals surface area contributed by atoms with E-state index in [-0.39, 0.29) is 37.9 Å². The van der Waals surface area contributed by atoms with Crippen molar-refractivity contribution >= 4 is 39.2 Å². The van der Waals surface area contributed by atoms with Gasteiger partial charge in [-0.3, -0.25) is 28.0 Å². The van der Waals surface area contributed by atoms with Gasteiger partial charge < -0.3 is 50.2 Å². The molecule has 3 heterocycles. The summed E-state index contributed by atoms with van der Waals surface area (Å²) in [6, 6.07) is 1.22. The van der Waals surface area contributed by atoms with E-state index in [0.717, 1.165) is 62.1 Å². The summed E-state index contributed by atoms with van der Waals surface area (Å²) in [5.74, 6) is -4.60. The van der Waals surface area contributed by atoms with Gasteiger partial charge in [0.1, 0.15) is 36.6 Å². The molecule has 0 aliphatic carbocycles. The Kier molecular flexibility index (Phi) is 25.8. The van der Waals surface area contributed by atoms with Crippen LogP contribution >= 0.6 is 15.6 Å². The van der Waals surface area contributed by atoms with Crippen molar-refractivity contribution in [3.8, 4) is 0 Å². The number of nitrogen functional groups attached to an aromatic ring is 1. The number of aliphatic hydroxyl groups is 4. The van der Waals surface area contributed by atoms with Crippen molar-refractivity contribution in [1.29, 1.82) is 0 Å². The highest BCUT2D eigenvalue weighted by molar-refractivity contribution is 7.61. The van der Waals surface area contributed by atoms with Crippen LogP contribution in [0.3, 0.4) is 0 Å². The lowest BCUT2D eigenvalue weighted by Gasteiger charge is -2.39. The third-order valence-corrected chi connectivity index (χ3v) is 13.9. The molecule has 0 spiro atoms. The summed E-state index contributed by atoms with van der Waals surface area (Å²) in [5.41, 5.74) is 4.73. The molecule has 2 aliphatic rings. The predicted octanol–water partition coefficient (Wildman–Crippen LogP) is 5.11. The first-order valence-electron chi connectivity index (χ1n) is 23.3.